The molecule has 5 heteroatoms. The number of methoxy groups -OCH3 is 1. The van der Waals surface area contributed by atoms with Crippen molar-refractivity contribution in [3.05, 3.63) is 54.1 Å². The van der Waals surface area contributed by atoms with Crippen LogP contribution in [0.25, 0.3) is 11.1 Å². The van der Waals surface area contributed by atoms with Crippen molar-refractivity contribution < 1.29 is 9.53 Å². The van der Waals surface area contributed by atoms with Crippen molar-refractivity contribution in [2.45, 2.75) is 44.2 Å². The molecule has 0 radical (unpaired) electrons. The monoisotopic (exact) mass is 374 g/mol. The average Bonchev–Trinajstić information content (AvgIpc) is 3.10. The summed E-state index contributed by atoms with van der Waals surface area (Å²) in [5, 5.41) is 3.07. The molecular weight excluding hydrogens is 348 g/mol. The Morgan fingerprint density at radius 1 is 1.12 bits per heavy atom. The molecule has 0 saturated heterocycles. The molecule has 0 spiro atoms. The summed E-state index contributed by atoms with van der Waals surface area (Å²) < 4.78 is 5.43. The van der Waals surface area contributed by atoms with E-state index in [1.165, 1.54) is 0 Å². The number of nitrogens with two attached hydrogens (primary N) is 1. The Morgan fingerprint density at radius 3 is 2.35 bits per heavy atom. The molecule has 0 aromatic heterocycles. The summed E-state index contributed by atoms with van der Waals surface area (Å²) >= 11 is 0. The Morgan fingerprint density at radius 2 is 1.73 bits per heavy atom. The second-order valence-corrected chi connectivity index (χ2v) is 6.88. The van der Waals surface area contributed by atoms with E-state index in [1.807, 2.05) is 43.3 Å². The van der Waals surface area contributed by atoms with Crippen LogP contribution in [0.1, 0.15) is 44.2 Å². The lowest BCUT2D eigenvalue weighted by Gasteiger charge is -2.25. The summed E-state index contributed by atoms with van der Waals surface area (Å²) in [6.07, 6.45) is 3.62. The summed E-state index contributed by atoms with van der Waals surface area (Å²) in [6.45, 7) is 1.99. The highest BCUT2D eigenvalue weighted by atomic mass is 35.5. The number of hydrogen-bond acceptors (Lipinski definition) is 3. The Labute approximate surface area is 161 Å². The van der Waals surface area contributed by atoms with Gasteiger partial charge in [0.25, 0.3) is 0 Å². The fourth-order valence-electron chi connectivity index (χ4n) is 3.49. The van der Waals surface area contributed by atoms with E-state index >= 15 is 0 Å². The molecular formula is C21H27ClN2O2. The summed E-state index contributed by atoms with van der Waals surface area (Å²) in [6, 6.07) is 16.1. The van der Waals surface area contributed by atoms with Crippen LogP contribution in [-0.2, 0) is 4.79 Å². The standard InChI is InChI=1S/C21H26N2O2.ClH/c1-15(23-20(24)21(22)13-5-6-14-21)16-9-11-17(12-10-16)18-7-3-4-8-19(18)25-2;/h3-4,7-12,15H,5-6,13-14,22H2,1-2H3,(H,23,24);1H. The van der Waals surface area contributed by atoms with Gasteiger partial charge in [0.15, 0.2) is 0 Å². The van der Waals surface area contributed by atoms with E-state index in [1.54, 1.807) is 7.11 Å². The summed E-state index contributed by atoms with van der Waals surface area (Å²) in [4.78, 5) is 12.5. The van der Waals surface area contributed by atoms with Gasteiger partial charge >= 0.3 is 0 Å². The van der Waals surface area contributed by atoms with Crippen molar-refractivity contribution in [2.75, 3.05) is 7.11 Å². The fourth-order valence-corrected chi connectivity index (χ4v) is 3.49. The van der Waals surface area contributed by atoms with E-state index in [4.69, 9.17) is 10.5 Å². The zero-order valence-corrected chi connectivity index (χ0v) is 16.1. The number of halogens is 1. The van der Waals surface area contributed by atoms with E-state index in [-0.39, 0.29) is 24.4 Å². The van der Waals surface area contributed by atoms with Gasteiger partial charge in [-0.05, 0) is 37.0 Å². The van der Waals surface area contributed by atoms with Gasteiger partial charge < -0.3 is 15.8 Å². The van der Waals surface area contributed by atoms with E-state index in [9.17, 15) is 4.79 Å². The van der Waals surface area contributed by atoms with E-state index in [0.29, 0.717) is 0 Å². The third-order valence-electron chi connectivity index (χ3n) is 5.12. The third-order valence-corrected chi connectivity index (χ3v) is 5.12. The molecule has 1 fully saturated rings. The zero-order valence-electron chi connectivity index (χ0n) is 15.3. The maximum Gasteiger partial charge on any atom is 0.240 e. The van der Waals surface area contributed by atoms with Gasteiger partial charge in [-0.15, -0.1) is 12.4 Å². The number of ether oxygens (including phenoxy) is 1. The molecule has 1 amide bonds. The van der Waals surface area contributed by atoms with Crippen LogP contribution in [0.3, 0.4) is 0 Å². The van der Waals surface area contributed by atoms with Crippen LogP contribution in [-0.4, -0.2) is 18.6 Å². The minimum atomic E-state index is -0.689. The lowest BCUT2D eigenvalue weighted by Crippen LogP contribution is -2.52. The smallest absolute Gasteiger partial charge is 0.240 e. The van der Waals surface area contributed by atoms with Crippen LogP contribution in [0.4, 0.5) is 0 Å². The first-order valence-electron chi connectivity index (χ1n) is 8.87. The van der Waals surface area contributed by atoms with Crippen LogP contribution in [0.5, 0.6) is 5.75 Å². The molecule has 1 aliphatic rings. The highest BCUT2D eigenvalue weighted by molar-refractivity contribution is 5.86. The zero-order chi connectivity index (χ0) is 17.9. The highest BCUT2D eigenvalue weighted by Gasteiger charge is 2.37. The third kappa shape index (κ3) is 4.19. The van der Waals surface area contributed by atoms with E-state index < -0.39 is 5.54 Å². The molecule has 2 aromatic rings. The van der Waals surface area contributed by atoms with Crippen LogP contribution in [0.15, 0.2) is 48.5 Å². The molecule has 3 rings (SSSR count). The molecule has 0 bridgehead atoms. The van der Waals surface area contributed by atoms with Crippen LogP contribution in [0, 0.1) is 0 Å². The first-order valence-corrected chi connectivity index (χ1v) is 8.87. The molecule has 1 aliphatic carbocycles. The number of rotatable bonds is 5. The number of para-hydroxylation sites is 1. The number of amides is 1. The molecule has 2 aromatic carbocycles. The van der Waals surface area contributed by atoms with Crippen molar-refractivity contribution in [1.29, 1.82) is 0 Å². The second-order valence-electron chi connectivity index (χ2n) is 6.88. The molecule has 1 saturated carbocycles. The Bertz CT molecular complexity index is 740. The van der Waals surface area contributed by atoms with Crippen molar-refractivity contribution >= 4 is 18.3 Å². The highest BCUT2D eigenvalue weighted by Crippen LogP contribution is 2.31. The maximum absolute atomic E-state index is 12.5. The van der Waals surface area contributed by atoms with Gasteiger partial charge in [-0.1, -0.05) is 55.3 Å². The molecule has 0 heterocycles. The van der Waals surface area contributed by atoms with Crippen molar-refractivity contribution in [2.24, 2.45) is 5.73 Å². The van der Waals surface area contributed by atoms with Crippen LogP contribution < -0.4 is 15.8 Å². The fraction of sp³-hybridized carbons (Fsp3) is 0.381. The Kier molecular flexibility index (Phi) is 6.68. The van der Waals surface area contributed by atoms with Gasteiger partial charge in [-0.25, -0.2) is 0 Å². The van der Waals surface area contributed by atoms with Gasteiger partial charge in [0.05, 0.1) is 18.7 Å². The lowest BCUT2D eigenvalue weighted by atomic mass is 9.96. The van der Waals surface area contributed by atoms with Crippen LogP contribution in [0.2, 0.25) is 0 Å². The maximum atomic E-state index is 12.5. The number of nitrogens with one attached hydrogen (secondary N) is 1. The SMILES string of the molecule is COc1ccccc1-c1ccc(C(C)NC(=O)C2(N)CCCC2)cc1.Cl. The first-order chi connectivity index (χ1) is 12.0. The molecule has 1 atom stereocenters. The van der Waals surface area contributed by atoms with Gasteiger partial charge in [-0.3, -0.25) is 4.79 Å². The van der Waals surface area contributed by atoms with Gasteiger partial charge in [-0.2, -0.15) is 0 Å². The van der Waals surface area contributed by atoms with E-state index in [2.05, 4.69) is 17.4 Å². The van der Waals surface area contributed by atoms with Crippen LogP contribution >= 0.6 is 12.4 Å². The number of carbonyl (C=O) groups excluding carboxylic acids is 1. The second kappa shape index (κ2) is 8.56. The van der Waals surface area contributed by atoms with Gasteiger partial charge in [0.2, 0.25) is 5.91 Å². The predicted octanol–water partition coefficient (Wildman–Crippen LogP) is 4.23. The van der Waals surface area contributed by atoms with Gasteiger partial charge in [0, 0.05) is 5.56 Å². The normalized spacial score (nSPS) is 16.4. The number of carbonyl (C=O) groups is 1. The average molecular weight is 375 g/mol. The molecule has 1 unspecified atom stereocenters. The molecule has 4 nitrogen and oxygen atoms in total. The molecule has 26 heavy (non-hydrogen) atoms. The minimum Gasteiger partial charge on any atom is -0.496 e. The topological polar surface area (TPSA) is 64.3 Å². The Hall–Kier alpha value is -2.04. The minimum absolute atomic E-state index is 0. The lowest BCUT2D eigenvalue weighted by molar-refractivity contribution is -0.126. The molecule has 140 valence electrons. The van der Waals surface area contributed by atoms with Gasteiger partial charge in [0.1, 0.15) is 5.75 Å². The number of benzene rings is 2. The molecule has 3 N–H and O–H groups in total. The van der Waals surface area contributed by atoms with Crippen molar-refractivity contribution in [3.63, 3.8) is 0 Å². The predicted molar refractivity (Wildman–Crippen MR) is 108 cm³/mol. The van der Waals surface area contributed by atoms with E-state index in [0.717, 1.165) is 48.1 Å². The largest absolute Gasteiger partial charge is 0.496 e. The molecule has 0 aliphatic heterocycles. The number of hydrogen-bond donors (Lipinski definition) is 2. The summed E-state index contributed by atoms with van der Waals surface area (Å²) in [7, 11) is 1.68. The Balaban J connectivity index is 0.00000243. The summed E-state index contributed by atoms with van der Waals surface area (Å²) in [5.74, 6) is 0.814. The van der Waals surface area contributed by atoms with Crippen molar-refractivity contribution in [3.8, 4) is 16.9 Å². The quantitative estimate of drug-likeness (QED) is 0.822. The summed E-state index contributed by atoms with van der Waals surface area (Å²) in [5.41, 5.74) is 8.75. The van der Waals surface area contributed by atoms with Crippen molar-refractivity contribution in [1.82, 2.24) is 5.32 Å². The first kappa shape index (κ1) is 20.3.